The lowest BCUT2D eigenvalue weighted by Gasteiger charge is -2.20. The molecule has 0 saturated heterocycles. The molecule has 0 atom stereocenters. The van der Waals surface area contributed by atoms with Crippen molar-refractivity contribution in [1.29, 1.82) is 0 Å². The summed E-state index contributed by atoms with van der Waals surface area (Å²) in [6.45, 7) is 1.44. The molecule has 10 heteroatoms. The minimum Gasteiger partial charge on any atom is -0.328 e. The van der Waals surface area contributed by atoms with Gasteiger partial charge in [-0.1, -0.05) is 35.9 Å². The summed E-state index contributed by atoms with van der Waals surface area (Å²) < 4.78 is 39.3. The predicted octanol–water partition coefficient (Wildman–Crippen LogP) is 5.58. The van der Waals surface area contributed by atoms with Gasteiger partial charge in [0.15, 0.2) is 0 Å². The van der Waals surface area contributed by atoms with E-state index in [2.05, 4.69) is 10.3 Å². The first kappa shape index (κ1) is 22.8. The molecule has 3 aromatic rings. The summed E-state index contributed by atoms with van der Waals surface area (Å²) in [6, 6.07) is 11.6. The lowest BCUT2D eigenvalue weighted by atomic mass is 10.1. The van der Waals surface area contributed by atoms with Crippen LogP contribution in [0.1, 0.15) is 23.0 Å². The lowest BCUT2D eigenvalue weighted by Crippen LogP contribution is -2.38. The Bertz CT molecular complexity index is 1080. The van der Waals surface area contributed by atoms with Gasteiger partial charge in [-0.3, -0.25) is 9.59 Å². The highest BCUT2D eigenvalue weighted by atomic mass is 35.5. The number of benzene rings is 2. The van der Waals surface area contributed by atoms with Crippen molar-refractivity contribution >= 4 is 40.4 Å². The van der Waals surface area contributed by atoms with E-state index in [-0.39, 0.29) is 17.9 Å². The maximum absolute atomic E-state index is 13.1. The van der Waals surface area contributed by atoms with E-state index >= 15 is 0 Å². The largest absolute Gasteiger partial charge is 0.418 e. The number of hydrogen-bond acceptors (Lipinski definition) is 4. The van der Waals surface area contributed by atoms with Gasteiger partial charge in [0.05, 0.1) is 11.3 Å². The van der Waals surface area contributed by atoms with Gasteiger partial charge in [-0.15, -0.1) is 11.3 Å². The molecule has 162 valence electrons. The minimum atomic E-state index is -4.61. The van der Waals surface area contributed by atoms with E-state index < -0.39 is 30.1 Å². The molecule has 3 rings (SSSR count). The molecule has 31 heavy (non-hydrogen) atoms. The van der Waals surface area contributed by atoms with Crippen molar-refractivity contribution in [2.45, 2.75) is 13.1 Å². The third-order valence-electron chi connectivity index (χ3n) is 4.32. The molecular weight excluding hydrogens is 451 g/mol. The first-order valence-electron chi connectivity index (χ1n) is 9.16. The Morgan fingerprint density at radius 1 is 1.13 bits per heavy atom. The van der Waals surface area contributed by atoms with Crippen molar-refractivity contribution in [3.05, 3.63) is 70.2 Å². The molecule has 2 aromatic carbocycles. The normalized spacial score (nSPS) is 11.3. The van der Waals surface area contributed by atoms with Gasteiger partial charge in [0.1, 0.15) is 17.2 Å². The third kappa shape index (κ3) is 5.62. The number of anilines is 1. The number of carbonyl (C=O) groups excluding carboxylic acids is 2. The minimum absolute atomic E-state index is 0.153. The smallest absolute Gasteiger partial charge is 0.328 e. The number of amides is 2. The van der Waals surface area contributed by atoms with Crippen molar-refractivity contribution < 1.29 is 22.8 Å². The fraction of sp³-hybridized carbons (Fsp3) is 0.190. The van der Waals surface area contributed by atoms with Crippen LogP contribution in [0.5, 0.6) is 0 Å². The second-order valence-corrected chi connectivity index (χ2v) is 7.75. The number of nitrogens with one attached hydrogen (secondary N) is 1. The van der Waals surface area contributed by atoms with E-state index in [1.54, 1.807) is 36.6 Å². The Kier molecular flexibility index (Phi) is 6.97. The second kappa shape index (κ2) is 9.49. The molecular formula is C21H17ClF3N3O2S. The van der Waals surface area contributed by atoms with Crippen molar-refractivity contribution in [2.24, 2.45) is 0 Å². The van der Waals surface area contributed by atoms with Crippen LogP contribution in [0.3, 0.4) is 0 Å². The molecule has 0 radical (unpaired) electrons. The van der Waals surface area contributed by atoms with E-state index in [0.717, 1.165) is 17.7 Å². The van der Waals surface area contributed by atoms with Crippen LogP contribution in [0, 0.1) is 0 Å². The monoisotopic (exact) mass is 467 g/mol. The summed E-state index contributed by atoms with van der Waals surface area (Å²) >= 11 is 7.14. The average molecular weight is 468 g/mol. The molecule has 5 nitrogen and oxygen atoms in total. The number of nitrogens with zero attached hydrogens (tertiary/aromatic N) is 2. The molecule has 0 fully saturated rings. The second-order valence-electron chi connectivity index (χ2n) is 6.46. The molecule has 0 unspecified atom stereocenters. The summed E-state index contributed by atoms with van der Waals surface area (Å²) in [4.78, 5) is 30.7. The third-order valence-corrected chi connectivity index (χ3v) is 5.47. The number of aromatic nitrogens is 1. The molecule has 2 amide bonds. The molecule has 0 bridgehead atoms. The standard InChI is InChI=1S/C21H17ClF3N3O2S/c1-2-28(11-18(29)26-16-6-4-3-5-15(16)21(23,24)25)20(30)17-12-31-19(27-17)13-7-9-14(22)10-8-13/h3-10,12H,2,11H2,1H3,(H,26,29). The van der Waals surface area contributed by atoms with Crippen molar-refractivity contribution in [3.8, 4) is 10.6 Å². The molecule has 0 aliphatic rings. The van der Waals surface area contributed by atoms with E-state index in [0.29, 0.717) is 10.0 Å². The van der Waals surface area contributed by atoms with E-state index in [4.69, 9.17) is 11.6 Å². The zero-order valence-electron chi connectivity index (χ0n) is 16.2. The number of carbonyl (C=O) groups is 2. The Morgan fingerprint density at radius 2 is 1.81 bits per heavy atom. The van der Waals surface area contributed by atoms with Gasteiger partial charge >= 0.3 is 6.18 Å². The summed E-state index contributed by atoms with van der Waals surface area (Å²) in [5, 5.41) is 5.00. The van der Waals surface area contributed by atoms with E-state index in [9.17, 15) is 22.8 Å². The van der Waals surface area contributed by atoms with Crippen LogP contribution in [0.4, 0.5) is 18.9 Å². The van der Waals surface area contributed by atoms with Crippen molar-refractivity contribution in [2.75, 3.05) is 18.4 Å². The summed E-state index contributed by atoms with van der Waals surface area (Å²) in [6.07, 6.45) is -4.61. The number of likely N-dealkylation sites (N-methyl/N-ethyl adjacent to an activating group) is 1. The zero-order valence-corrected chi connectivity index (χ0v) is 17.8. The lowest BCUT2D eigenvalue weighted by molar-refractivity contribution is -0.137. The van der Waals surface area contributed by atoms with Crippen LogP contribution >= 0.6 is 22.9 Å². The number of para-hydroxylation sites is 1. The number of rotatable bonds is 6. The van der Waals surface area contributed by atoms with Gasteiger partial charge in [0.25, 0.3) is 5.91 Å². The van der Waals surface area contributed by atoms with Crippen LogP contribution in [0.2, 0.25) is 5.02 Å². The van der Waals surface area contributed by atoms with Crippen molar-refractivity contribution in [3.63, 3.8) is 0 Å². The van der Waals surface area contributed by atoms with Crippen molar-refractivity contribution in [1.82, 2.24) is 9.88 Å². The Balaban J connectivity index is 1.71. The summed E-state index contributed by atoms with van der Waals surface area (Å²) in [7, 11) is 0. The molecule has 1 N–H and O–H groups in total. The molecule has 0 spiro atoms. The highest BCUT2D eigenvalue weighted by Crippen LogP contribution is 2.34. The molecule has 0 aliphatic carbocycles. The van der Waals surface area contributed by atoms with E-state index in [1.807, 2.05) is 0 Å². The Morgan fingerprint density at radius 3 is 2.45 bits per heavy atom. The van der Waals surface area contributed by atoms with Gasteiger partial charge in [-0.2, -0.15) is 13.2 Å². The maximum Gasteiger partial charge on any atom is 0.418 e. The van der Waals surface area contributed by atoms with E-state index in [1.165, 1.54) is 28.4 Å². The molecule has 0 aliphatic heterocycles. The number of thiazole rings is 1. The highest BCUT2D eigenvalue weighted by Gasteiger charge is 2.33. The van der Waals surface area contributed by atoms with Crippen LogP contribution in [0.25, 0.3) is 10.6 Å². The van der Waals surface area contributed by atoms with Gasteiger partial charge < -0.3 is 10.2 Å². The quantitative estimate of drug-likeness (QED) is 0.514. The van der Waals surface area contributed by atoms with Gasteiger partial charge in [0, 0.05) is 22.5 Å². The summed E-state index contributed by atoms with van der Waals surface area (Å²) in [5.74, 6) is -1.22. The Hall–Kier alpha value is -2.91. The maximum atomic E-state index is 13.1. The fourth-order valence-corrected chi connectivity index (χ4v) is 3.71. The van der Waals surface area contributed by atoms with Gasteiger partial charge in [-0.05, 0) is 31.2 Å². The molecule has 0 saturated carbocycles. The fourth-order valence-electron chi connectivity index (χ4n) is 2.79. The zero-order chi connectivity index (χ0) is 22.6. The SMILES string of the molecule is CCN(CC(=O)Nc1ccccc1C(F)(F)F)C(=O)c1csc(-c2ccc(Cl)cc2)n1. The predicted molar refractivity (Wildman–Crippen MR) is 114 cm³/mol. The van der Waals surface area contributed by atoms with Crippen LogP contribution in [-0.2, 0) is 11.0 Å². The van der Waals surface area contributed by atoms with Gasteiger partial charge in [0.2, 0.25) is 5.91 Å². The Labute approximate surface area is 185 Å². The number of hydrogen-bond donors (Lipinski definition) is 1. The van der Waals surface area contributed by atoms with Gasteiger partial charge in [-0.25, -0.2) is 4.98 Å². The first-order valence-corrected chi connectivity index (χ1v) is 10.4. The average Bonchev–Trinajstić information content (AvgIpc) is 3.22. The number of alkyl halides is 3. The molecule has 1 aromatic heterocycles. The van der Waals surface area contributed by atoms with Crippen LogP contribution < -0.4 is 5.32 Å². The summed E-state index contributed by atoms with van der Waals surface area (Å²) in [5.41, 5.74) is -0.370. The molecule has 1 heterocycles. The topological polar surface area (TPSA) is 62.3 Å². The van der Waals surface area contributed by atoms with Crippen LogP contribution in [-0.4, -0.2) is 34.8 Å². The number of halogens is 4. The van der Waals surface area contributed by atoms with Crippen LogP contribution in [0.15, 0.2) is 53.9 Å². The highest BCUT2D eigenvalue weighted by molar-refractivity contribution is 7.13. The first-order chi connectivity index (χ1) is 14.7.